The Morgan fingerprint density at radius 1 is 1.50 bits per heavy atom. The maximum Gasteiger partial charge on any atom is 0.337 e. The Kier molecular flexibility index (Phi) is 4.47. The van der Waals surface area contributed by atoms with Crippen LogP contribution in [-0.2, 0) is 9.59 Å². The first-order chi connectivity index (χ1) is 8.43. The summed E-state index contributed by atoms with van der Waals surface area (Å²) in [6, 6.07) is 1.36. The molecule has 0 aliphatic rings. The molecule has 98 valence electrons. The molecule has 0 spiro atoms. The van der Waals surface area contributed by atoms with Gasteiger partial charge in [0.1, 0.15) is 0 Å². The summed E-state index contributed by atoms with van der Waals surface area (Å²) < 4.78 is 1.25. The number of primary amides is 1. The van der Waals surface area contributed by atoms with Crippen molar-refractivity contribution >= 4 is 17.8 Å². The van der Waals surface area contributed by atoms with Gasteiger partial charge >= 0.3 is 5.97 Å². The number of hydrogen-bond donors (Lipinski definition) is 3. The van der Waals surface area contributed by atoms with Crippen molar-refractivity contribution in [2.75, 3.05) is 5.43 Å². The van der Waals surface area contributed by atoms with E-state index in [0.29, 0.717) is 6.42 Å². The van der Waals surface area contributed by atoms with Gasteiger partial charge in [0.05, 0.1) is 5.56 Å². The van der Waals surface area contributed by atoms with Crippen LogP contribution in [0.2, 0.25) is 0 Å². The highest BCUT2D eigenvalue weighted by Crippen LogP contribution is 2.09. The second-order valence-corrected chi connectivity index (χ2v) is 3.86. The van der Waals surface area contributed by atoms with Crippen LogP contribution in [0.15, 0.2) is 18.5 Å². The molecule has 0 fully saturated rings. The zero-order chi connectivity index (χ0) is 13.7. The van der Waals surface area contributed by atoms with Crippen LogP contribution in [0, 0.1) is 5.92 Å². The summed E-state index contributed by atoms with van der Waals surface area (Å²) in [5.74, 6) is -2.51. The summed E-state index contributed by atoms with van der Waals surface area (Å²) >= 11 is 0. The molecule has 18 heavy (non-hydrogen) atoms. The lowest BCUT2D eigenvalue weighted by molar-refractivity contribution is -0.126. The van der Waals surface area contributed by atoms with Gasteiger partial charge in [-0.2, -0.15) is 0 Å². The third-order valence-corrected chi connectivity index (χ3v) is 2.49. The molecule has 1 unspecified atom stereocenters. The van der Waals surface area contributed by atoms with E-state index >= 15 is 0 Å². The first kappa shape index (κ1) is 13.8. The number of carbonyl (C=O) groups excluding carboxylic acids is 2. The van der Waals surface area contributed by atoms with E-state index in [1.807, 2.05) is 0 Å². The molecule has 0 saturated heterocycles. The Labute approximate surface area is 104 Å². The molecule has 1 aromatic rings. The van der Waals surface area contributed by atoms with E-state index in [1.54, 1.807) is 6.92 Å². The molecule has 0 radical (unpaired) electrons. The summed E-state index contributed by atoms with van der Waals surface area (Å²) in [6.07, 6.45) is 3.13. The van der Waals surface area contributed by atoms with Gasteiger partial charge in [-0.05, 0) is 12.5 Å². The molecule has 0 aliphatic carbocycles. The topological polar surface area (TPSA) is 114 Å². The van der Waals surface area contributed by atoms with Gasteiger partial charge in [-0.1, -0.05) is 6.92 Å². The van der Waals surface area contributed by atoms with E-state index in [1.165, 1.54) is 23.1 Å². The van der Waals surface area contributed by atoms with E-state index in [9.17, 15) is 14.4 Å². The van der Waals surface area contributed by atoms with E-state index < -0.39 is 17.8 Å². The molecule has 1 heterocycles. The smallest absolute Gasteiger partial charge is 0.337 e. The zero-order valence-electron chi connectivity index (χ0n) is 9.92. The minimum absolute atomic E-state index is 0.0324. The number of amides is 2. The number of carboxylic acid groups (broad SMARTS) is 1. The van der Waals surface area contributed by atoms with E-state index in [-0.39, 0.29) is 17.9 Å². The second kappa shape index (κ2) is 5.85. The Hall–Kier alpha value is -2.31. The van der Waals surface area contributed by atoms with Gasteiger partial charge in [0.15, 0.2) is 0 Å². The number of carboxylic acids is 1. The Morgan fingerprint density at radius 3 is 2.61 bits per heavy atom. The van der Waals surface area contributed by atoms with Gasteiger partial charge in [0.25, 0.3) is 0 Å². The first-order valence-corrected chi connectivity index (χ1v) is 5.44. The van der Waals surface area contributed by atoms with E-state index in [2.05, 4.69) is 5.43 Å². The highest BCUT2D eigenvalue weighted by atomic mass is 16.4. The van der Waals surface area contributed by atoms with Gasteiger partial charge in [-0.15, -0.1) is 0 Å². The van der Waals surface area contributed by atoms with Crippen molar-refractivity contribution in [3.63, 3.8) is 0 Å². The molecular weight excluding hydrogens is 238 g/mol. The van der Waals surface area contributed by atoms with Crippen LogP contribution in [0.25, 0.3) is 0 Å². The fraction of sp³-hybridized carbons (Fsp3) is 0.364. The molecule has 7 heteroatoms. The molecule has 1 aromatic heterocycles. The number of rotatable bonds is 6. The number of aromatic carboxylic acids is 1. The number of nitrogens with two attached hydrogens (primary N) is 1. The lowest BCUT2D eigenvalue weighted by Gasteiger charge is -2.13. The molecule has 0 aromatic carbocycles. The van der Waals surface area contributed by atoms with Crippen molar-refractivity contribution in [3.05, 3.63) is 24.0 Å². The van der Waals surface area contributed by atoms with Gasteiger partial charge in [-0.3, -0.25) is 19.7 Å². The SMILES string of the molecule is CCC(CC(N)=O)C(=O)Nn1ccc(C(=O)O)c1. The predicted octanol–water partition coefficient (Wildman–Crippen LogP) is 0.158. The molecule has 0 bridgehead atoms. The Morgan fingerprint density at radius 2 is 2.17 bits per heavy atom. The fourth-order valence-corrected chi connectivity index (χ4v) is 1.48. The quantitative estimate of drug-likeness (QED) is 0.669. The third kappa shape index (κ3) is 3.62. The largest absolute Gasteiger partial charge is 0.478 e. The molecule has 4 N–H and O–H groups in total. The van der Waals surface area contributed by atoms with Crippen LogP contribution in [0.5, 0.6) is 0 Å². The van der Waals surface area contributed by atoms with Crippen LogP contribution in [-0.4, -0.2) is 27.6 Å². The highest BCUT2D eigenvalue weighted by Gasteiger charge is 2.19. The number of nitrogens with one attached hydrogen (secondary N) is 1. The number of nitrogens with zero attached hydrogens (tertiary/aromatic N) is 1. The zero-order valence-corrected chi connectivity index (χ0v) is 9.92. The maximum absolute atomic E-state index is 11.8. The van der Waals surface area contributed by atoms with Crippen LogP contribution in [0.3, 0.4) is 0 Å². The highest BCUT2D eigenvalue weighted by molar-refractivity contribution is 5.90. The fourth-order valence-electron chi connectivity index (χ4n) is 1.48. The van der Waals surface area contributed by atoms with Gasteiger partial charge in [0.2, 0.25) is 11.8 Å². The predicted molar refractivity (Wildman–Crippen MR) is 63.4 cm³/mol. The van der Waals surface area contributed by atoms with Crippen molar-refractivity contribution in [3.8, 4) is 0 Å². The summed E-state index contributed by atoms with van der Waals surface area (Å²) in [5.41, 5.74) is 7.59. The van der Waals surface area contributed by atoms with E-state index in [0.717, 1.165) is 0 Å². The van der Waals surface area contributed by atoms with Crippen molar-refractivity contribution in [1.29, 1.82) is 0 Å². The van der Waals surface area contributed by atoms with Crippen LogP contribution < -0.4 is 11.2 Å². The molecule has 2 amide bonds. The lowest BCUT2D eigenvalue weighted by atomic mass is 10.0. The number of hydrogen-bond acceptors (Lipinski definition) is 3. The molecule has 0 saturated carbocycles. The maximum atomic E-state index is 11.8. The Balaban J connectivity index is 2.67. The summed E-state index contributed by atoms with van der Waals surface area (Å²) in [7, 11) is 0. The minimum atomic E-state index is -1.08. The minimum Gasteiger partial charge on any atom is -0.478 e. The van der Waals surface area contributed by atoms with Crippen molar-refractivity contribution in [2.45, 2.75) is 19.8 Å². The number of aromatic nitrogens is 1. The van der Waals surface area contributed by atoms with E-state index in [4.69, 9.17) is 10.8 Å². The molecule has 1 atom stereocenters. The molecule has 0 aliphatic heterocycles. The van der Waals surface area contributed by atoms with Crippen molar-refractivity contribution in [1.82, 2.24) is 4.68 Å². The van der Waals surface area contributed by atoms with Crippen LogP contribution in [0.1, 0.15) is 30.1 Å². The standard InChI is InChI=1S/C11H15N3O4/c1-2-7(5-9(12)15)10(16)13-14-4-3-8(6-14)11(17)18/h3-4,6-7H,2,5H2,1H3,(H2,12,15)(H,13,16)(H,17,18). The number of carbonyl (C=O) groups is 3. The molecule has 7 nitrogen and oxygen atoms in total. The van der Waals surface area contributed by atoms with Gasteiger partial charge in [-0.25, -0.2) is 4.79 Å². The first-order valence-electron chi connectivity index (χ1n) is 5.44. The van der Waals surface area contributed by atoms with Crippen LogP contribution >= 0.6 is 0 Å². The third-order valence-electron chi connectivity index (χ3n) is 2.49. The lowest BCUT2D eigenvalue weighted by Crippen LogP contribution is -2.31. The Bertz CT molecular complexity index is 467. The van der Waals surface area contributed by atoms with Gasteiger partial charge < -0.3 is 10.8 Å². The summed E-state index contributed by atoms with van der Waals surface area (Å²) in [5, 5.41) is 8.72. The normalized spacial score (nSPS) is 11.8. The molecule has 1 rings (SSSR count). The summed E-state index contributed by atoms with van der Waals surface area (Å²) in [6.45, 7) is 1.77. The van der Waals surface area contributed by atoms with Crippen LogP contribution in [0.4, 0.5) is 0 Å². The summed E-state index contributed by atoms with van der Waals surface area (Å²) in [4.78, 5) is 33.2. The van der Waals surface area contributed by atoms with Crippen molar-refractivity contribution in [2.24, 2.45) is 11.7 Å². The average Bonchev–Trinajstić information content (AvgIpc) is 2.74. The molecular formula is C11H15N3O4. The second-order valence-electron chi connectivity index (χ2n) is 3.86. The van der Waals surface area contributed by atoms with Gasteiger partial charge in [0, 0.05) is 24.7 Å². The van der Waals surface area contributed by atoms with Crippen molar-refractivity contribution < 1.29 is 19.5 Å². The average molecular weight is 253 g/mol. The monoisotopic (exact) mass is 253 g/mol.